The lowest BCUT2D eigenvalue weighted by Gasteiger charge is -2.34. The normalized spacial score (nSPS) is 21.6. The molecule has 0 atom stereocenters. The van der Waals surface area contributed by atoms with Gasteiger partial charge >= 0.3 is 0 Å². The highest BCUT2D eigenvalue weighted by atomic mass is 32.2. The lowest BCUT2D eigenvalue weighted by atomic mass is 9.96. The molecular weight excluding hydrogens is 350 g/mol. The monoisotopic (exact) mass is 379 g/mol. The predicted molar refractivity (Wildman–Crippen MR) is 101 cm³/mol. The number of carbonyl (C=O) groups is 1. The SMILES string of the molecule is CCN1CCC(NC(=O)C2CCN(S(=O)(=O)c3ccccc3)CC2)CC1. The van der Waals surface area contributed by atoms with Crippen molar-refractivity contribution in [2.45, 2.75) is 43.5 Å². The zero-order valence-corrected chi connectivity index (χ0v) is 16.2. The molecule has 2 aliphatic heterocycles. The number of rotatable bonds is 5. The first-order valence-electron chi connectivity index (χ1n) is 9.58. The summed E-state index contributed by atoms with van der Waals surface area (Å²) in [6.07, 6.45) is 3.18. The van der Waals surface area contributed by atoms with Gasteiger partial charge in [0.25, 0.3) is 0 Å². The predicted octanol–water partition coefficient (Wildman–Crippen LogP) is 1.69. The van der Waals surface area contributed by atoms with Gasteiger partial charge in [-0.15, -0.1) is 0 Å². The van der Waals surface area contributed by atoms with Gasteiger partial charge in [-0.3, -0.25) is 4.79 Å². The van der Waals surface area contributed by atoms with Crippen molar-refractivity contribution in [2.75, 3.05) is 32.7 Å². The van der Waals surface area contributed by atoms with Gasteiger partial charge < -0.3 is 10.2 Å². The van der Waals surface area contributed by atoms with Gasteiger partial charge in [0, 0.05) is 38.1 Å². The fourth-order valence-electron chi connectivity index (χ4n) is 3.81. The highest BCUT2D eigenvalue weighted by Crippen LogP contribution is 2.24. The summed E-state index contributed by atoms with van der Waals surface area (Å²) in [5.74, 6) is 0.0122. The molecule has 2 saturated heterocycles. The lowest BCUT2D eigenvalue weighted by Crippen LogP contribution is -2.48. The molecule has 2 heterocycles. The minimum atomic E-state index is -3.45. The summed E-state index contributed by atoms with van der Waals surface area (Å²) in [7, 11) is -3.45. The van der Waals surface area contributed by atoms with E-state index in [1.54, 1.807) is 30.3 Å². The molecule has 1 aromatic rings. The topological polar surface area (TPSA) is 69.7 Å². The van der Waals surface area contributed by atoms with Gasteiger partial charge in [-0.2, -0.15) is 4.31 Å². The number of piperidine rings is 2. The van der Waals surface area contributed by atoms with E-state index in [4.69, 9.17) is 0 Å². The molecule has 7 heteroatoms. The van der Waals surface area contributed by atoms with Crippen molar-refractivity contribution >= 4 is 15.9 Å². The number of hydrogen-bond acceptors (Lipinski definition) is 4. The summed E-state index contributed by atoms with van der Waals surface area (Å²) in [5.41, 5.74) is 0. The molecule has 0 aliphatic carbocycles. The molecule has 0 saturated carbocycles. The van der Waals surface area contributed by atoms with Crippen LogP contribution in [0.2, 0.25) is 0 Å². The molecule has 1 amide bonds. The highest BCUT2D eigenvalue weighted by molar-refractivity contribution is 7.89. The second-order valence-corrected chi connectivity index (χ2v) is 9.15. The maximum Gasteiger partial charge on any atom is 0.243 e. The fourth-order valence-corrected chi connectivity index (χ4v) is 5.30. The Bertz CT molecular complexity index is 692. The van der Waals surface area contributed by atoms with Gasteiger partial charge in [0.2, 0.25) is 15.9 Å². The minimum Gasteiger partial charge on any atom is -0.353 e. The van der Waals surface area contributed by atoms with Crippen LogP contribution in [-0.2, 0) is 14.8 Å². The first kappa shape index (κ1) is 19.3. The van der Waals surface area contributed by atoms with E-state index in [-0.39, 0.29) is 17.9 Å². The molecule has 2 fully saturated rings. The Hall–Kier alpha value is -1.44. The van der Waals surface area contributed by atoms with Crippen LogP contribution in [0.15, 0.2) is 35.2 Å². The molecule has 1 aromatic carbocycles. The summed E-state index contributed by atoms with van der Waals surface area (Å²) >= 11 is 0. The van der Waals surface area contributed by atoms with E-state index in [1.807, 2.05) is 0 Å². The second kappa shape index (κ2) is 8.50. The van der Waals surface area contributed by atoms with Crippen LogP contribution in [0.5, 0.6) is 0 Å². The Balaban J connectivity index is 1.50. The van der Waals surface area contributed by atoms with Gasteiger partial charge in [-0.25, -0.2) is 8.42 Å². The van der Waals surface area contributed by atoms with Crippen LogP contribution in [0.1, 0.15) is 32.6 Å². The number of carbonyl (C=O) groups excluding carboxylic acids is 1. The van der Waals surface area contributed by atoms with Crippen molar-refractivity contribution in [1.29, 1.82) is 0 Å². The van der Waals surface area contributed by atoms with Crippen LogP contribution in [0.25, 0.3) is 0 Å². The lowest BCUT2D eigenvalue weighted by molar-refractivity contribution is -0.127. The van der Waals surface area contributed by atoms with Crippen molar-refractivity contribution in [1.82, 2.24) is 14.5 Å². The number of amides is 1. The Morgan fingerprint density at radius 2 is 1.65 bits per heavy atom. The van der Waals surface area contributed by atoms with Crippen LogP contribution in [-0.4, -0.2) is 62.3 Å². The summed E-state index contributed by atoms with van der Waals surface area (Å²) in [6, 6.07) is 8.78. The number of benzene rings is 1. The fraction of sp³-hybridized carbons (Fsp3) is 0.632. The largest absolute Gasteiger partial charge is 0.353 e. The number of sulfonamides is 1. The van der Waals surface area contributed by atoms with E-state index in [9.17, 15) is 13.2 Å². The summed E-state index contributed by atoms with van der Waals surface area (Å²) in [4.78, 5) is 15.3. The quantitative estimate of drug-likeness (QED) is 0.845. The summed E-state index contributed by atoms with van der Waals surface area (Å²) in [5, 5.41) is 3.18. The average molecular weight is 380 g/mol. The highest BCUT2D eigenvalue weighted by Gasteiger charge is 2.32. The smallest absolute Gasteiger partial charge is 0.243 e. The Kier molecular flexibility index (Phi) is 6.32. The number of nitrogens with one attached hydrogen (secondary N) is 1. The van der Waals surface area contributed by atoms with Crippen molar-refractivity contribution in [3.63, 3.8) is 0 Å². The molecule has 2 aliphatic rings. The molecule has 0 radical (unpaired) electrons. The van der Waals surface area contributed by atoms with Gasteiger partial charge in [-0.1, -0.05) is 25.1 Å². The molecule has 0 unspecified atom stereocenters. The third-order valence-corrected chi connectivity index (χ3v) is 7.50. The van der Waals surface area contributed by atoms with Crippen LogP contribution in [0, 0.1) is 5.92 Å². The number of hydrogen-bond donors (Lipinski definition) is 1. The summed E-state index contributed by atoms with van der Waals surface area (Å²) in [6.45, 7) is 6.11. The zero-order valence-electron chi connectivity index (χ0n) is 15.4. The average Bonchev–Trinajstić information content (AvgIpc) is 2.69. The van der Waals surface area contributed by atoms with Crippen molar-refractivity contribution in [3.05, 3.63) is 30.3 Å². The Morgan fingerprint density at radius 1 is 1.04 bits per heavy atom. The molecule has 6 nitrogen and oxygen atoms in total. The van der Waals surface area contributed by atoms with E-state index in [0.29, 0.717) is 30.8 Å². The molecule has 0 aromatic heterocycles. The van der Waals surface area contributed by atoms with E-state index >= 15 is 0 Å². The molecular formula is C19H29N3O3S. The first-order valence-corrected chi connectivity index (χ1v) is 11.0. The van der Waals surface area contributed by atoms with Crippen molar-refractivity contribution in [2.24, 2.45) is 5.92 Å². The molecule has 1 N–H and O–H groups in total. The third-order valence-electron chi connectivity index (χ3n) is 5.59. The molecule has 0 bridgehead atoms. The van der Waals surface area contributed by atoms with E-state index < -0.39 is 10.0 Å². The molecule has 3 rings (SSSR count). The number of likely N-dealkylation sites (tertiary alicyclic amines) is 1. The molecule has 144 valence electrons. The van der Waals surface area contributed by atoms with Gasteiger partial charge in [0.05, 0.1) is 4.90 Å². The van der Waals surface area contributed by atoms with Crippen LogP contribution in [0.4, 0.5) is 0 Å². The first-order chi connectivity index (χ1) is 12.5. The standard InChI is InChI=1S/C19H29N3O3S/c1-2-21-12-10-17(11-13-21)20-19(23)16-8-14-22(15-9-16)26(24,25)18-6-4-3-5-7-18/h3-7,16-17H,2,8-15H2,1H3,(H,20,23). The molecule has 0 spiro atoms. The zero-order chi connectivity index (χ0) is 18.6. The third kappa shape index (κ3) is 4.45. The van der Waals surface area contributed by atoms with Gasteiger partial charge in [-0.05, 0) is 44.4 Å². The van der Waals surface area contributed by atoms with Crippen LogP contribution in [0.3, 0.4) is 0 Å². The maximum absolute atomic E-state index is 12.7. The number of nitrogens with zero attached hydrogens (tertiary/aromatic N) is 2. The van der Waals surface area contributed by atoms with Crippen molar-refractivity contribution in [3.8, 4) is 0 Å². The maximum atomic E-state index is 12.7. The van der Waals surface area contributed by atoms with Gasteiger partial charge in [0.1, 0.15) is 0 Å². The molecule has 26 heavy (non-hydrogen) atoms. The summed E-state index contributed by atoms with van der Waals surface area (Å²) < 4.78 is 26.8. The van der Waals surface area contributed by atoms with E-state index in [1.165, 1.54) is 4.31 Å². The van der Waals surface area contributed by atoms with E-state index in [2.05, 4.69) is 17.1 Å². The van der Waals surface area contributed by atoms with Crippen LogP contribution >= 0.6 is 0 Å². The minimum absolute atomic E-state index is 0.0820. The van der Waals surface area contributed by atoms with Crippen molar-refractivity contribution < 1.29 is 13.2 Å². The van der Waals surface area contributed by atoms with Crippen LogP contribution < -0.4 is 5.32 Å². The second-order valence-electron chi connectivity index (χ2n) is 7.21. The Labute approximate surface area is 156 Å². The Morgan fingerprint density at radius 3 is 2.23 bits per heavy atom. The van der Waals surface area contributed by atoms with Gasteiger partial charge in [0.15, 0.2) is 0 Å². The van der Waals surface area contributed by atoms with E-state index in [0.717, 1.165) is 32.5 Å².